The Morgan fingerprint density at radius 1 is 0.900 bits per heavy atom. The number of benzene rings is 2. The van der Waals surface area contributed by atoms with E-state index in [4.69, 9.17) is 9.47 Å². The van der Waals surface area contributed by atoms with Crippen LogP contribution < -0.4 is 33.5 Å². The molecule has 0 amide bonds. The van der Waals surface area contributed by atoms with Crippen molar-refractivity contribution in [2.24, 2.45) is 5.92 Å². The van der Waals surface area contributed by atoms with Crippen LogP contribution >= 0.6 is 0 Å². The third kappa shape index (κ3) is 4.21. The third-order valence-corrected chi connectivity index (χ3v) is 7.60. The predicted molar refractivity (Wildman–Crippen MR) is 115 cm³/mol. The second-order valence-corrected chi connectivity index (χ2v) is 9.38. The van der Waals surface area contributed by atoms with E-state index in [1.54, 1.807) is 14.2 Å². The van der Waals surface area contributed by atoms with Crippen LogP contribution in [0.5, 0.6) is 11.5 Å². The molecule has 2 heterocycles. The van der Waals surface area contributed by atoms with Crippen LogP contribution in [0.15, 0.2) is 48.5 Å². The van der Waals surface area contributed by atoms with Gasteiger partial charge in [-0.15, -0.1) is 0 Å². The lowest BCUT2D eigenvalue weighted by atomic mass is 9.75. The van der Waals surface area contributed by atoms with E-state index in [1.807, 2.05) is 48.5 Å². The minimum atomic E-state index is -1.07. The number of aliphatic hydroxyl groups is 1. The molecule has 0 aliphatic carbocycles. The highest BCUT2D eigenvalue weighted by Crippen LogP contribution is 2.47. The molecular formula is C25H34INO3. The Labute approximate surface area is 197 Å². The van der Waals surface area contributed by atoms with E-state index in [9.17, 15) is 5.11 Å². The first-order valence-electron chi connectivity index (χ1n) is 10.7. The molecular weight excluding hydrogens is 489 g/mol. The van der Waals surface area contributed by atoms with Crippen LogP contribution in [0.4, 0.5) is 0 Å². The van der Waals surface area contributed by atoms with Crippen molar-refractivity contribution < 1.29 is 43.0 Å². The number of nitrogens with zero attached hydrogens (tertiary/aromatic N) is 1. The van der Waals surface area contributed by atoms with Crippen molar-refractivity contribution >= 4 is 0 Å². The molecule has 2 aromatic carbocycles. The molecule has 4 rings (SSSR count). The lowest BCUT2D eigenvalue weighted by Gasteiger charge is -2.46. The van der Waals surface area contributed by atoms with Gasteiger partial charge in [-0.25, -0.2) is 0 Å². The van der Waals surface area contributed by atoms with Gasteiger partial charge >= 0.3 is 0 Å². The Bertz CT molecular complexity index is 805. The molecule has 2 atom stereocenters. The Morgan fingerprint density at radius 2 is 1.37 bits per heavy atom. The van der Waals surface area contributed by atoms with Gasteiger partial charge in [0.05, 0.1) is 40.4 Å². The number of piperidine rings is 1. The quantitative estimate of drug-likeness (QED) is 0.459. The summed E-state index contributed by atoms with van der Waals surface area (Å²) in [6.07, 6.45) is 5.70. The summed E-state index contributed by atoms with van der Waals surface area (Å²) in [6, 6.07) is 17.2. The lowest BCUT2D eigenvalue weighted by Crippen LogP contribution is -3.00. The SMILES string of the molecule is COc1cccc(C(O)(CC2C[C@@H]3CC[C@@H](C2)[N+]3(C)C)c2cccc(OC)c2)c1.[I-]. The minimum absolute atomic E-state index is 0. The van der Waals surface area contributed by atoms with E-state index >= 15 is 0 Å². The van der Waals surface area contributed by atoms with Crippen molar-refractivity contribution in [2.75, 3.05) is 28.3 Å². The van der Waals surface area contributed by atoms with Crippen molar-refractivity contribution in [3.63, 3.8) is 0 Å². The maximum atomic E-state index is 12.2. The zero-order valence-corrected chi connectivity index (χ0v) is 20.6. The van der Waals surface area contributed by atoms with Gasteiger partial charge in [0.1, 0.15) is 17.1 Å². The first kappa shape index (κ1) is 23.4. The summed E-state index contributed by atoms with van der Waals surface area (Å²) in [4.78, 5) is 0. The molecule has 2 aromatic rings. The summed E-state index contributed by atoms with van der Waals surface area (Å²) in [5.74, 6) is 2.04. The van der Waals surface area contributed by atoms with Crippen molar-refractivity contribution in [2.45, 2.75) is 49.8 Å². The van der Waals surface area contributed by atoms with Gasteiger partial charge in [0.15, 0.2) is 0 Å². The van der Waals surface area contributed by atoms with Crippen LogP contribution in [0.25, 0.3) is 0 Å². The molecule has 2 aliphatic heterocycles. The van der Waals surface area contributed by atoms with Crippen LogP contribution in [0.1, 0.15) is 43.2 Å². The Morgan fingerprint density at radius 3 is 1.80 bits per heavy atom. The van der Waals surface area contributed by atoms with Crippen molar-refractivity contribution in [1.82, 2.24) is 0 Å². The fourth-order valence-corrected chi connectivity index (χ4v) is 5.74. The van der Waals surface area contributed by atoms with Crippen LogP contribution in [0, 0.1) is 5.92 Å². The van der Waals surface area contributed by atoms with Gasteiger partial charge in [-0.3, -0.25) is 0 Å². The van der Waals surface area contributed by atoms with Gasteiger partial charge in [0, 0.05) is 25.7 Å². The third-order valence-electron chi connectivity index (χ3n) is 7.60. The monoisotopic (exact) mass is 523 g/mol. The van der Waals surface area contributed by atoms with E-state index in [1.165, 1.54) is 25.7 Å². The average molecular weight is 523 g/mol. The summed E-state index contributed by atoms with van der Waals surface area (Å²) in [5.41, 5.74) is 0.704. The first-order valence-corrected chi connectivity index (χ1v) is 10.7. The zero-order valence-electron chi connectivity index (χ0n) is 18.5. The molecule has 4 nitrogen and oxygen atoms in total. The van der Waals surface area contributed by atoms with Crippen molar-refractivity contribution in [3.05, 3.63) is 59.7 Å². The highest BCUT2D eigenvalue weighted by molar-refractivity contribution is 5.42. The zero-order chi connectivity index (χ0) is 20.6. The maximum Gasteiger partial charge on any atom is 0.119 e. The van der Waals surface area contributed by atoms with Crippen LogP contribution in [-0.4, -0.2) is 50.0 Å². The number of hydrogen-bond donors (Lipinski definition) is 1. The summed E-state index contributed by atoms with van der Waals surface area (Å²) >= 11 is 0. The molecule has 30 heavy (non-hydrogen) atoms. The molecule has 0 radical (unpaired) electrons. The Hall–Kier alpha value is -1.31. The van der Waals surface area contributed by atoms with Gasteiger partial charge < -0.3 is 43.0 Å². The standard InChI is InChI=1S/C25H34NO3.HI/c1-26(2)21-11-12-22(26)14-18(13-21)17-25(27,19-7-5-9-23(15-19)28-3)20-8-6-10-24(16-20)29-4;/h5-10,15-16,18,21-22,27H,11-14,17H2,1-4H3;1H/q+1;/p-1/t21-,22-;/m0./s1. The van der Waals surface area contributed by atoms with E-state index < -0.39 is 5.60 Å². The number of rotatable bonds is 6. The van der Waals surface area contributed by atoms with E-state index in [0.29, 0.717) is 18.0 Å². The fourth-order valence-electron chi connectivity index (χ4n) is 5.74. The number of halogens is 1. The lowest BCUT2D eigenvalue weighted by molar-refractivity contribution is -0.931. The summed E-state index contributed by atoms with van der Waals surface area (Å²) in [5, 5.41) is 12.2. The molecule has 2 bridgehead atoms. The van der Waals surface area contributed by atoms with Crippen molar-refractivity contribution in [1.29, 1.82) is 0 Å². The fraction of sp³-hybridized carbons (Fsp3) is 0.520. The van der Waals surface area contributed by atoms with E-state index in [-0.39, 0.29) is 24.0 Å². The molecule has 0 saturated carbocycles. The number of ether oxygens (including phenoxy) is 2. The second-order valence-electron chi connectivity index (χ2n) is 9.38. The topological polar surface area (TPSA) is 38.7 Å². The Balaban J connectivity index is 0.00000256. The summed E-state index contributed by atoms with van der Waals surface area (Å²) in [7, 11) is 8.11. The number of hydrogen-bond acceptors (Lipinski definition) is 3. The molecule has 5 heteroatoms. The van der Waals surface area contributed by atoms with Gasteiger partial charge in [-0.1, -0.05) is 24.3 Å². The highest BCUT2D eigenvalue weighted by Gasteiger charge is 2.50. The smallest absolute Gasteiger partial charge is 0.119 e. The first-order chi connectivity index (χ1) is 13.9. The van der Waals surface area contributed by atoms with E-state index in [2.05, 4.69) is 14.1 Å². The summed E-state index contributed by atoms with van der Waals surface area (Å²) in [6.45, 7) is 0. The normalized spacial score (nSPS) is 24.8. The second kappa shape index (κ2) is 9.05. The van der Waals surface area contributed by atoms with Gasteiger partial charge in [-0.2, -0.15) is 0 Å². The van der Waals surface area contributed by atoms with Crippen LogP contribution in [-0.2, 0) is 5.60 Å². The number of fused-ring (bicyclic) bond motifs is 2. The van der Waals surface area contributed by atoms with E-state index in [0.717, 1.165) is 33.5 Å². The molecule has 2 fully saturated rings. The molecule has 1 N–H and O–H groups in total. The van der Waals surface area contributed by atoms with Crippen LogP contribution in [0.3, 0.4) is 0 Å². The highest BCUT2D eigenvalue weighted by atomic mass is 127. The minimum Gasteiger partial charge on any atom is -1.00 e. The molecule has 2 aliphatic rings. The number of quaternary nitrogens is 1. The maximum absolute atomic E-state index is 12.2. The molecule has 0 aromatic heterocycles. The largest absolute Gasteiger partial charge is 1.00 e. The molecule has 0 spiro atoms. The average Bonchev–Trinajstić information content (AvgIpc) is 2.89. The Kier molecular flexibility index (Phi) is 7.04. The summed E-state index contributed by atoms with van der Waals surface area (Å²) < 4.78 is 12.1. The van der Waals surface area contributed by atoms with Gasteiger partial charge in [0.2, 0.25) is 0 Å². The molecule has 2 saturated heterocycles. The van der Waals surface area contributed by atoms with Gasteiger partial charge in [-0.05, 0) is 47.7 Å². The number of methoxy groups -OCH3 is 2. The molecule has 164 valence electrons. The predicted octanol–water partition coefficient (Wildman–Crippen LogP) is 1.35. The van der Waals surface area contributed by atoms with Crippen LogP contribution in [0.2, 0.25) is 0 Å². The molecule has 0 unspecified atom stereocenters. The van der Waals surface area contributed by atoms with Gasteiger partial charge in [0.25, 0.3) is 0 Å². The van der Waals surface area contributed by atoms with Crippen molar-refractivity contribution in [3.8, 4) is 11.5 Å².